The Morgan fingerprint density at radius 2 is 0.938 bits per heavy atom. The van der Waals surface area contributed by atoms with E-state index in [4.69, 9.17) is 32.7 Å². The van der Waals surface area contributed by atoms with Crippen molar-refractivity contribution in [2.75, 3.05) is 19.1 Å². The van der Waals surface area contributed by atoms with E-state index in [1.807, 2.05) is 6.07 Å². The molecule has 262 valence electrons. The number of hydrogen-bond acceptors (Lipinski definition) is 4. The lowest BCUT2D eigenvalue weighted by Crippen LogP contribution is -2.60. The van der Waals surface area contributed by atoms with Crippen LogP contribution in [-0.2, 0) is 19.1 Å². The second-order valence-corrected chi connectivity index (χ2v) is 28.1. The number of nitrogens with zero attached hydrogens (tertiary/aromatic N) is 1. The summed E-state index contributed by atoms with van der Waals surface area (Å²) in [6.45, 7) is 27.1. The monoisotopic (exact) mass is 727 g/mol. The third-order valence-electron chi connectivity index (χ3n) is 12.2. The molecule has 1 aromatic carbocycles. The number of ether oxygens (including phenoxy) is 2. The molecule has 0 radical (unpaired) electrons. The van der Waals surface area contributed by atoms with Crippen LogP contribution in [0, 0.1) is 34.8 Å². The number of hydrogen-bond donors (Lipinski definition) is 0. The number of methoxy groups -OCH3 is 2. The fraction of sp³-hybridized carbons (Fsp3) is 0.641. The summed E-state index contributed by atoms with van der Waals surface area (Å²) >= 11 is 15.9. The van der Waals surface area contributed by atoms with Crippen molar-refractivity contribution in [3.63, 3.8) is 0 Å². The predicted molar refractivity (Wildman–Crippen MR) is 205 cm³/mol. The molecule has 9 heteroatoms. The van der Waals surface area contributed by atoms with Crippen LogP contribution < -0.4 is 4.90 Å². The van der Waals surface area contributed by atoms with Gasteiger partial charge in [0, 0.05) is 25.4 Å². The number of benzene rings is 1. The van der Waals surface area contributed by atoms with Gasteiger partial charge in [0.1, 0.15) is 25.9 Å². The Labute approximate surface area is 301 Å². The zero-order valence-electron chi connectivity index (χ0n) is 31.3. The topological polar surface area (TPSA) is 55.8 Å². The molecule has 5 nitrogen and oxygen atoms in total. The van der Waals surface area contributed by atoms with E-state index in [9.17, 15) is 9.59 Å². The lowest BCUT2D eigenvalue weighted by Gasteiger charge is -2.42. The number of anilines is 1. The Hall–Kier alpha value is -1.85. The minimum absolute atomic E-state index is 0.350. The van der Waals surface area contributed by atoms with Crippen LogP contribution in [-0.4, -0.2) is 57.7 Å². The quantitative estimate of drug-likeness (QED) is 0.0836. The molecule has 0 unspecified atom stereocenters. The Morgan fingerprint density at radius 1 is 0.625 bits per heavy atom. The first-order valence-corrected chi connectivity index (χ1v) is 22.7. The minimum Gasteiger partial charge on any atom is -0.350 e. The highest BCUT2D eigenvalue weighted by Crippen LogP contribution is 2.74. The highest BCUT2D eigenvalue weighted by Gasteiger charge is 2.89. The van der Waals surface area contributed by atoms with Gasteiger partial charge in [-0.05, 0) is 45.4 Å². The lowest BCUT2D eigenvalue weighted by atomic mass is 9.76. The number of imide groups is 1. The van der Waals surface area contributed by atoms with Crippen molar-refractivity contribution in [1.29, 1.82) is 0 Å². The summed E-state index contributed by atoms with van der Waals surface area (Å²) in [5.41, 5.74) is 11.2. The molecule has 1 heterocycles. The highest BCUT2D eigenvalue weighted by atomic mass is 35.5. The van der Waals surface area contributed by atoms with E-state index in [1.165, 1.54) is 19.1 Å². The first kappa shape index (κ1) is 38.9. The zero-order valence-corrected chi connectivity index (χ0v) is 34.9. The van der Waals surface area contributed by atoms with Crippen molar-refractivity contribution in [1.82, 2.24) is 0 Å². The number of rotatable bonds is 9. The van der Waals surface area contributed by atoms with Crippen LogP contribution >= 0.6 is 23.2 Å². The van der Waals surface area contributed by atoms with Crippen molar-refractivity contribution >= 4 is 56.9 Å². The van der Waals surface area contributed by atoms with Crippen molar-refractivity contribution < 1.29 is 19.1 Å². The van der Waals surface area contributed by atoms with Gasteiger partial charge in [-0.1, -0.05) is 113 Å². The van der Waals surface area contributed by atoms with Gasteiger partial charge in [0.25, 0.3) is 0 Å². The van der Waals surface area contributed by atoms with Crippen LogP contribution in [0.2, 0.25) is 33.2 Å². The standard InChI is InChI=1S/C39H55Cl2NO4Si2/c1-24(2)47(25(3)4,26(5)6)22-20-31-32(21-23-48(27(7)8,28(9)10)29(11)12)38(41)34-33(37(31,40)39(38,45-13)46-14)35(43)42(36(34)44)30-18-16-15-17-19-30/h15-19,24-29,33-34H,1-14H3/t33-,34+,37-,38+. The Kier molecular flexibility index (Phi) is 10.8. The van der Waals surface area contributed by atoms with Crippen LogP contribution in [0.25, 0.3) is 0 Å². The molecule has 2 amide bonds. The average molecular weight is 729 g/mol. The number of carbonyl (C=O) groups is 2. The number of halogens is 2. The van der Waals surface area contributed by atoms with E-state index in [1.54, 1.807) is 24.3 Å². The maximum Gasteiger partial charge on any atom is 0.240 e. The molecule has 2 bridgehead atoms. The van der Waals surface area contributed by atoms with Crippen LogP contribution in [0.1, 0.15) is 83.1 Å². The third-order valence-corrected chi connectivity index (χ3v) is 26.2. The number of carbonyl (C=O) groups excluding carboxylic acids is 2. The van der Waals surface area contributed by atoms with Crippen LogP contribution in [0.3, 0.4) is 0 Å². The van der Waals surface area contributed by atoms with Gasteiger partial charge in [0.15, 0.2) is 0 Å². The lowest BCUT2D eigenvalue weighted by molar-refractivity contribution is -0.221. The normalized spacial score (nSPS) is 26.8. The Bertz CT molecular complexity index is 1450. The first-order chi connectivity index (χ1) is 22.3. The molecule has 48 heavy (non-hydrogen) atoms. The number of amides is 2. The van der Waals surface area contributed by atoms with Gasteiger partial charge < -0.3 is 9.47 Å². The number of fused-ring (bicyclic) bond motifs is 5. The second-order valence-electron chi connectivity index (χ2n) is 15.8. The van der Waals surface area contributed by atoms with Crippen LogP contribution in [0.15, 0.2) is 41.5 Å². The summed E-state index contributed by atoms with van der Waals surface area (Å²) in [5.74, 6) is 2.42. The molecule has 4 atom stereocenters. The van der Waals surface area contributed by atoms with Gasteiger partial charge in [-0.3, -0.25) is 9.59 Å². The molecule has 0 aromatic heterocycles. The summed E-state index contributed by atoms with van der Waals surface area (Å²) in [4.78, 5) is 27.0. The molecule has 2 aliphatic carbocycles. The van der Waals surface area contributed by atoms with Crippen molar-refractivity contribution in [2.24, 2.45) is 11.8 Å². The summed E-state index contributed by atoms with van der Waals surface area (Å²) in [6, 6.07) is 8.94. The highest BCUT2D eigenvalue weighted by molar-refractivity contribution is 6.91. The predicted octanol–water partition coefficient (Wildman–Crippen LogP) is 9.50. The van der Waals surface area contributed by atoms with Crippen molar-refractivity contribution in [3.8, 4) is 22.9 Å². The van der Waals surface area contributed by atoms with E-state index in [-0.39, 0.29) is 0 Å². The molecule has 1 aromatic rings. The smallest absolute Gasteiger partial charge is 0.240 e. The molecule has 1 saturated heterocycles. The maximum atomic E-state index is 14.6. The zero-order chi connectivity index (χ0) is 36.4. The van der Waals surface area contributed by atoms with E-state index in [0.717, 1.165) is 0 Å². The van der Waals surface area contributed by atoms with Gasteiger partial charge in [-0.2, -0.15) is 0 Å². The number of para-hydroxylation sites is 1. The molecule has 4 rings (SSSR count). The maximum absolute atomic E-state index is 14.6. The first-order valence-electron chi connectivity index (χ1n) is 17.5. The fourth-order valence-electron chi connectivity index (χ4n) is 10.2. The van der Waals surface area contributed by atoms with Gasteiger partial charge in [0.2, 0.25) is 17.6 Å². The van der Waals surface area contributed by atoms with Crippen LogP contribution in [0.4, 0.5) is 5.69 Å². The van der Waals surface area contributed by atoms with Gasteiger partial charge >= 0.3 is 0 Å². The summed E-state index contributed by atoms with van der Waals surface area (Å²) in [5, 5.41) is 0. The van der Waals surface area contributed by atoms with Gasteiger partial charge in [-0.15, -0.1) is 34.3 Å². The van der Waals surface area contributed by atoms with Crippen molar-refractivity contribution in [2.45, 2.75) is 132 Å². The van der Waals surface area contributed by atoms with Crippen LogP contribution in [0.5, 0.6) is 0 Å². The SMILES string of the molecule is COC1(OC)[C@@]2(Cl)C(C#C[Si](C(C)C)(C(C)C)C(C)C)=C(C#C[Si](C(C)C)(C(C)C)C(C)C)[C@]1(Cl)[C@@H]1C(=O)N(c3ccccc3)C(=O)[C@@H]12. The minimum atomic E-state index is -2.30. The molecule has 2 fully saturated rings. The Morgan fingerprint density at radius 3 is 1.21 bits per heavy atom. The molecule has 1 aliphatic heterocycles. The molecule has 0 N–H and O–H groups in total. The summed E-state index contributed by atoms with van der Waals surface area (Å²) in [7, 11) is -1.64. The van der Waals surface area contributed by atoms with E-state index in [2.05, 4.69) is 106 Å². The van der Waals surface area contributed by atoms with E-state index < -0.39 is 55.3 Å². The number of alkyl halides is 2. The molecule has 3 aliphatic rings. The molecular formula is C39H55Cl2NO4Si2. The fourth-order valence-corrected chi connectivity index (χ4v) is 22.0. The second kappa shape index (κ2) is 13.4. The van der Waals surface area contributed by atoms with Gasteiger partial charge in [0.05, 0.1) is 17.5 Å². The molecular weight excluding hydrogens is 674 g/mol. The summed E-state index contributed by atoms with van der Waals surface area (Å²) in [6.07, 6.45) is 0. The van der Waals surface area contributed by atoms with Crippen molar-refractivity contribution in [3.05, 3.63) is 41.5 Å². The Balaban J connectivity index is 2.18. The largest absolute Gasteiger partial charge is 0.350 e. The summed E-state index contributed by atoms with van der Waals surface area (Å²) < 4.78 is 12.5. The molecule has 1 saturated carbocycles. The third kappa shape index (κ3) is 4.85. The van der Waals surface area contributed by atoms with E-state index in [0.29, 0.717) is 50.1 Å². The van der Waals surface area contributed by atoms with Gasteiger partial charge in [-0.25, -0.2) is 4.90 Å². The average Bonchev–Trinajstić information content (AvgIpc) is 3.44. The van der Waals surface area contributed by atoms with E-state index >= 15 is 0 Å². The molecule has 0 spiro atoms.